The summed E-state index contributed by atoms with van der Waals surface area (Å²) in [5, 5.41) is 12.2. The summed E-state index contributed by atoms with van der Waals surface area (Å²) < 4.78 is 2.60. The zero-order valence-electron chi connectivity index (χ0n) is 10.4. The maximum atomic E-state index is 11.9. The molecule has 5 heteroatoms. The van der Waals surface area contributed by atoms with Crippen LogP contribution >= 0.6 is 15.9 Å². The lowest BCUT2D eigenvalue weighted by molar-refractivity contribution is -0.684. The fourth-order valence-electron chi connectivity index (χ4n) is 1.73. The van der Waals surface area contributed by atoms with Crippen LogP contribution < -0.4 is 9.88 Å². The van der Waals surface area contributed by atoms with Crippen LogP contribution in [-0.4, -0.2) is 11.0 Å². The lowest BCUT2D eigenvalue weighted by Gasteiger charge is -2.07. The number of aromatic nitrogens is 1. The minimum Gasteiger partial charge on any atom is -0.503 e. The van der Waals surface area contributed by atoms with Gasteiger partial charge in [0.05, 0.1) is 0 Å². The average molecular weight is 322 g/mol. The number of pyridine rings is 1. The van der Waals surface area contributed by atoms with Crippen molar-refractivity contribution in [2.75, 3.05) is 5.32 Å². The van der Waals surface area contributed by atoms with Gasteiger partial charge in [0.15, 0.2) is 11.9 Å². The number of rotatable bonds is 3. The highest BCUT2D eigenvalue weighted by atomic mass is 79.9. The number of carbonyl (C=O) groups is 1. The number of hydrogen-bond acceptors (Lipinski definition) is 2. The van der Waals surface area contributed by atoms with Crippen molar-refractivity contribution in [3.05, 3.63) is 52.8 Å². The summed E-state index contributed by atoms with van der Waals surface area (Å²) in [6.45, 7) is 2.09. The van der Waals surface area contributed by atoms with E-state index >= 15 is 0 Å². The minimum absolute atomic E-state index is 0.134. The summed E-state index contributed by atoms with van der Waals surface area (Å²) in [7, 11) is 0. The van der Waals surface area contributed by atoms with E-state index in [2.05, 4.69) is 21.2 Å². The van der Waals surface area contributed by atoms with Crippen molar-refractivity contribution >= 4 is 27.5 Å². The molecular formula is C14H14BrN2O2+. The molecule has 2 aromatic rings. The Kier molecular flexibility index (Phi) is 4.16. The van der Waals surface area contributed by atoms with E-state index in [0.717, 1.165) is 15.7 Å². The highest BCUT2D eigenvalue weighted by Gasteiger charge is 2.11. The molecule has 1 heterocycles. The second kappa shape index (κ2) is 5.84. The van der Waals surface area contributed by atoms with Crippen LogP contribution in [0.25, 0.3) is 0 Å². The number of nitrogens with zero attached hydrogens (tertiary/aromatic N) is 1. The van der Waals surface area contributed by atoms with Crippen LogP contribution in [0.3, 0.4) is 0 Å². The Morgan fingerprint density at radius 3 is 2.89 bits per heavy atom. The van der Waals surface area contributed by atoms with Crippen molar-refractivity contribution in [2.45, 2.75) is 13.5 Å². The van der Waals surface area contributed by atoms with Crippen molar-refractivity contribution in [1.82, 2.24) is 0 Å². The number of halogens is 1. The van der Waals surface area contributed by atoms with Crippen molar-refractivity contribution in [2.24, 2.45) is 0 Å². The van der Waals surface area contributed by atoms with Crippen LogP contribution in [0.5, 0.6) is 5.75 Å². The zero-order chi connectivity index (χ0) is 13.8. The molecule has 0 aliphatic heterocycles. The van der Waals surface area contributed by atoms with E-state index in [4.69, 9.17) is 0 Å². The van der Waals surface area contributed by atoms with Gasteiger partial charge in [-0.25, -0.2) is 0 Å². The Morgan fingerprint density at radius 2 is 2.21 bits per heavy atom. The number of aromatic hydroxyl groups is 1. The average Bonchev–Trinajstić information content (AvgIpc) is 2.33. The first-order valence-corrected chi connectivity index (χ1v) is 6.58. The largest absolute Gasteiger partial charge is 0.503 e. The van der Waals surface area contributed by atoms with Crippen molar-refractivity contribution < 1.29 is 14.5 Å². The summed E-state index contributed by atoms with van der Waals surface area (Å²) in [5.74, 6) is -0.00357. The Labute approximate surface area is 119 Å². The van der Waals surface area contributed by atoms with Gasteiger partial charge in [-0.05, 0) is 36.8 Å². The first-order chi connectivity index (χ1) is 9.04. The fraction of sp³-hybridized carbons (Fsp3) is 0.143. The summed E-state index contributed by atoms with van der Waals surface area (Å²) >= 11 is 3.38. The van der Waals surface area contributed by atoms with Gasteiger partial charge < -0.3 is 10.4 Å². The van der Waals surface area contributed by atoms with Crippen LogP contribution in [0.2, 0.25) is 0 Å². The summed E-state index contributed by atoms with van der Waals surface area (Å²) in [6.07, 6.45) is 3.24. The Hall–Kier alpha value is -1.88. The minimum atomic E-state index is -0.138. The van der Waals surface area contributed by atoms with Gasteiger partial charge in [-0.2, -0.15) is 4.57 Å². The summed E-state index contributed by atoms with van der Waals surface area (Å²) in [5.41, 5.74) is 1.78. The fourth-order valence-corrected chi connectivity index (χ4v) is 2.20. The molecule has 0 fully saturated rings. The van der Waals surface area contributed by atoms with E-state index < -0.39 is 0 Å². The molecule has 1 amide bonds. The van der Waals surface area contributed by atoms with Crippen LogP contribution in [0, 0.1) is 6.92 Å². The predicted octanol–water partition coefficient (Wildman–Crippen LogP) is 2.39. The highest BCUT2D eigenvalue weighted by molar-refractivity contribution is 9.10. The maximum Gasteiger partial charge on any atom is 0.290 e. The Morgan fingerprint density at radius 1 is 1.42 bits per heavy atom. The van der Waals surface area contributed by atoms with Crippen molar-refractivity contribution in [3.8, 4) is 5.75 Å². The third-order valence-corrected chi connectivity index (χ3v) is 3.12. The maximum absolute atomic E-state index is 11.9. The van der Waals surface area contributed by atoms with Gasteiger partial charge in [-0.3, -0.25) is 4.79 Å². The molecule has 0 aliphatic carbocycles. The van der Waals surface area contributed by atoms with E-state index in [9.17, 15) is 9.90 Å². The molecule has 0 radical (unpaired) electrons. The summed E-state index contributed by atoms with van der Waals surface area (Å²) in [6, 6.07) is 8.92. The second-order valence-electron chi connectivity index (χ2n) is 4.24. The second-order valence-corrected chi connectivity index (χ2v) is 5.16. The Balaban J connectivity index is 2.05. The molecule has 0 atom stereocenters. The number of amides is 1. The number of hydrogen-bond donors (Lipinski definition) is 2. The quantitative estimate of drug-likeness (QED) is 0.853. The molecule has 0 saturated heterocycles. The van der Waals surface area contributed by atoms with E-state index in [1.165, 1.54) is 6.20 Å². The predicted molar refractivity (Wildman–Crippen MR) is 75.8 cm³/mol. The standard InChI is InChI=1S/C14H13BrN2O2/c1-10-7-11(15)4-5-13(10)16-14(19)9-17-6-2-3-12(18)8-17/h2-8H,9H2,1H3,(H-,16,18,19)/p+1. The van der Waals surface area contributed by atoms with Gasteiger partial charge in [0, 0.05) is 16.2 Å². The first kappa shape index (κ1) is 13.5. The molecule has 1 aromatic carbocycles. The molecule has 0 saturated carbocycles. The molecule has 98 valence electrons. The molecule has 4 nitrogen and oxygen atoms in total. The van der Waals surface area contributed by atoms with E-state index in [1.54, 1.807) is 22.9 Å². The Bertz CT molecular complexity index is 614. The van der Waals surface area contributed by atoms with Crippen LogP contribution in [0.15, 0.2) is 47.2 Å². The number of carbonyl (C=O) groups excluding carboxylic acids is 1. The molecule has 0 unspecified atom stereocenters. The monoisotopic (exact) mass is 321 g/mol. The van der Waals surface area contributed by atoms with Crippen LogP contribution in [0.1, 0.15) is 5.56 Å². The van der Waals surface area contributed by atoms with Crippen molar-refractivity contribution in [1.29, 1.82) is 0 Å². The highest BCUT2D eigenvalue weighted by Crippen LogP contribution is 2.19. The molecule has 0 bridgehead atoms. The van der Waals surface area contributed by atoms with Gasteiger partial charge >= 0.3 is 0 Å². The van der Waals surface area contributed by atoms with Gasteiger partial charge in [-0.1, -0.05) is 15.9 Å². The topological polar surface area (TPSA) is 53.2 Å². The summed E-state index contributed by atoms with van der Waals surface area (Å²) in [4.78, 5) is 11.9. The van der Waals surface area contributed by atoms with E-state index in [0.29, 0.717) is 0 Å². The third kappa shape index (κ3) is 3.79. The molecule has 2 N–H and O–H groups in total. The number of aryl methyl sites for hydroxylation is 1. The molecule has 0 spiro atoms. The number of benzene rings is 1. The lowest BCUT2D eigenvalue weighted by Crippen LogP contribution is -2.39. The number of nitrogens with one attached hydrogen (secondary N) is 1. The van der Waals surface area contributed by atoms with Gasteiger partial charge in [0.25, 0.3) is 5.91 Å². The van der Waals surface area contributed by atoms with Crippen LogP contribution in [-0.2, 0) is 11.3 Å². The molecule has 19 heavy (non-hydrogen) atoms. The van der Waals surface area contributed by atoms with E-state index in [1.807, 2.05) is 25.1 Å². The van der Waals surface area contributed by atoms with E-state index in [-0.39, 0.29) is 18.2 Å². The van der Waals surface area contributed by atoms with Gasteiger partial charge in [0.2, 0.25) is 12.7 Å². The SMILES string of the molecule is Cc1cc(Br)ccc1NC(=O)C[n+]1cccc(O)c1. The smallest absolute Gasteiger partial charge is 0.290 e. The third-order valence-electron chi connectivity index (χ3n) is 2.63. The number of anilines is 1. The molecule has 1 aromatic heterocycles. The zero-order valence-corrected chi connectivity index (χ0v) is 12.0. The lowest BCUT2D eigenvalue weighted by atomic mass is 10.2. The first-order valence-electron chi connectivity index (χ1n) is 5.78. The van der Waals surface area contributed by atoms with Crippen LogP contribution in [0.4, 0.5) is 5.69 Å². The molecule has 0 aliphatic rings. The normalized spacial score (nSPS) is 10.2. The van der Waals surface area contributed by atoms with Gasteiger partial charge in [-0.15, -0.1) is 0 Å². The molecule has 2 rings (SSSR count). The van der Waals surface area contributed by atoms with Gasteiger partial charge in [0.1, 0.15) is 0 Å². The molecular weight excluding hydrogens is 308 g/mol. The van der Waals surface area contributed by atoms with Crippen molar-refractivity contribution in [3.63, 3.8) is 0 Å².